The third-order valence-corrected chi connectivity index (χ3v) is 7.44. The summed E-state index contributed by atoms with van der Waals surface area (Å²) in [5, 5.41) is 0. The van der Waals surface area contributed by atoms with Gasteiger partial charge in [-0.05, 0) is 69.1 Å². The van der Waals surface area contributed by atoms with Gasteiger partial charge in [-0.25, -0.2) is 9.18 Å². The summed E-state index contributed by atoms with van der Waals surface area (Å²) in [5.41, 5.74) is 0.902. The molecule has 0 aromatic heterocycles. The van der Waals surface area contributed by atoms with Crippen LogP contribution in [0, 0.1) is 24.6 Å². The quantitative estimate of drug-likeness (QED) is 0.623. The van der Waals surface area contributed by atoms with E-state index >= 15 is 0 Å². The SMILES string of the molecule is COC(=O)c1cc(C)c(F)cc1N(C(=O)[C@H]1CC[C@H](C)CC1)C1CCC2(CC1)OCCO2. The Morgan fingerprint density at radius 3 is 2.28 bits per heavy atom. The molecule has 0 bridgehead atoms. The Bertz CT molecular complexity index is 848. The van der Waals surface area contributed by atoms with Gasteiger partial charge in [0.15, 0.2) is 5.79 Å². The highest BCUT2D eigenvalue weighted by Crippen LogP contribution is 2.41. The van der Waals surface area contributed by atoms with Crippen molar-refractivity contribution in [2.45, 2.75) is 77.0 Å². The highest BCUT2D eigenvalue weighted by Gasteiger charge is 2.44. The van der Waals surface area contributed by atoms with Crippen LogP contribution in [-0.4, -0.2) is 44.0 Å². The van der Waals surface area contributed by atoms with Crippen LogP contribution in [0.25, 0.3) is 0 Å². The summed E-state index contributed by atoms with van der Waals surface area (Å²) in [6.45, 7) is 5.00. The maximum atomic E-state index is 14.7. The number of benzene rings is 1. The van der Waals surface area contributed by atoms with Crippen molar-refractivity contribution in [3.8, 4) is 0 Å². The molecule has 0 atom stereocenters. The van der Waals surface area contributed by atoms with E-state index < -0.39 is 17.6 Å². The molecular weight excluding hydrogens is 413 g/mol. The Balaban J connectivity index is 1.69. The minimum absolute atomic E-state index is 0.0143. The van der Waals surface area contributed by atoms with Crippen LogP contribution in [0.1, 0.15) is 74.2 Å². The normalized spacial score (nSPS) is 25.6. The monoisotopic (exact) mass is 447 g/mol. The average Bonchev–Trinajstić information content (AvgIpc) is 3.25. The van der Waals surface area contributed by atoms with Crippen LogP contribution in [0.15, 0.2) is 12.1 Å². The second kappa shape index (κ2) is 9.48. The van der Waals surface area contributed by atoms with E-state index in [0.29, 0.717) is 56.1 Å². The number of esters is 1. The molecular formula is C25H34FNO5. The van der Waals surface area contributed by atoms with Gasteiger partial charge in [0.1, 0.15) is 5.82 Å². The number of carbonyl (C=O) groups excluding carboxylic acids is 2. The Labute approximate surface area is 189 Å². The van der Waals surface area contributed by atoms with Gasteiger partial charge in [-0.2, -0.15) is 0 Å². The fraction of sp³-hybridized carbons (Fsp3) is 0.680. The van der Waals surface area contributed by atoms with Crippen molar-refractivity contribution in [1.82, 2.24) is 0 Å². The van der Waals surface area contributed by atoms with Crippen molar-refractivity contribution in [1.29, 1.82) is 0 Å². The standard InChI is InChI=1S/C25H34FNO5/c1-16-4-6-18(7-5-16)23(28)27(19-8-10-25(11-9-19)31-12-13-32-25)22-15-21(26)17(2)14-20(22)24(29)30-3/h14-16,18-19H,4-13H2,1-3H3/t16-,18-. The number of methoxy groups -OCH3 is 1. The molecule has 1 aromatic carbocycles. The molecule has 32 heavy (non-hydrogen) atoms. The van der Waals surface area contributed by atoms with E-state index in [1.165, 1.54) is 19.2 Å². The molecule has 4 rings (SSSR count). The van der Waals surface area contributed by atoms with E-state index in [1.54, 1.807) is 11.8 Å². The van der Waals surface area contributed by atoms with E-state index in [2.05, 4.69) is 6.92 Å². The van der Waals surface area contributed by atoms with E-state index in [1.807, 2.05) is 0 Å². The third kappa shape index (κ3) is 4.55. The van der Waals surface area contributed by atoms with Crippen LogP contribution in [0.3, 0.4) is 0 Å². The van der Waals surface area contributed by atoms with Crippen molar-refractivity contribution >= 4 is 17.6 Å². The molecule has 2 aliphatic carbocycles. The lowest BCUT2D eigenvalue weighted by Gasteiger charge is -2.42. The second-order valence-corrected chi connectivity index (χ2v) is 9.61. The van der Waals surface area contributed by atoms with Crippen molar-refractivity contribution in [3.05, 3.63) is 29.1 Å². The van der Waals surface area contributed by atoms with Crippen LogP contribution >= 0.6 is 0 Å². The van der Waals surface area contributed by atoms with E-state index in [9.17, 15) is 14.0 Å². The highest BCUT2D eigenvalue weighted by atomic mass is 19.1. The average molecular weight is 448 g/mol. The predicted octanol–water partition coefficient (Wildman–Crippen LogP) is 4.77. The van der Waals surface area contributed by atoms with Gasteiger partial charge in [-0.1, -0.05) is 6.92 Å². The highest BCUT2D eigenvalue weighted by molar-refractivity contribution is 6.03. The summed E-state index contributed by atoms with van der Waals surface area (Å²) >= 11 is 0. The Morgan fingerprint density at radius 2 is 1.69 bits per heavy atom. The molecule has 1 aromatic rings. The smallest absolute Gasteiger partial charge is 0.339 e. The van der Waals surface area contributed by atoms with Gasteiger partial charge in [0.2, 0.25) is 5.91 Å². The molecule has 0 unspecified atom stereocenters. The van der Waals surface area contributed by atoms with Crippen molar-refractivity contribution in [2.24, 2.45) is 11.8 Å². The first-order valence-electron chi connectivity index (χ1n) is 11.8. The molecule has 1 amide bonds. The van der Waals surface area contributed by atoms with Gasteiger partial charge in [-0.15, -0.1) is 0 Å². The largest absolute Gasteiger partial charge is 0.465 e. The number of halogens is 1. The molecule has 1 spiro atoms. The number of aryl methyl sites for hydroxylation is 1. The summed E-state index contributed by atoms with van der Waals surface area (Å²) < 4.78 is 31.4. The Kier molecular flexibility index (Phi) is 6.86. The number of hydrogen-bond acceptors (Lipinski definition) is 5. The van der Waals surface area contributed by atoms with E-state index in [4.69, 9.17) is 14.2 Å². The lowest BCUT2D eigenvalue weighted by Crippen LogP contribution is -2.49. The number of hydrogen-bond donors (Lipinski definition) is 0. The van der Waals surface area contributed by atoms with Gasteiger partial charge >= 0.3 is 5.97 Å². The topological polar surface area (TPSA) is 65.1 Å². The number of nitrogens with zero attached hydrogens (tertiary/aromatic N) is 1. The van der Waals surface area contributed by atoms with Crippen molar-refractivity contribution in [2.75, 3.05) is 25.2 Å². The summed E-state index contributed by atoms with van der Waals surface area (Å²) in [6, 6.07) is 2.68. The number of anilines is 1. The third-order valence-electron chi connectivity index (χ3n) is 7.44. The van der Waals surface area contributed by atoms with Gasteiger partial charge < -0.3 is 19.1 Å². The summed E-state index contributed by atoms with van der Waals surface area (Å²) in [7, 11) is 1.30. The summed E-state index contributed by atoms with van der Waals surface area (Å²) in [6.07, 6.45) is 6.34. The first-order chi connectivity index (χ1) is 15.3. The number of carbonyl (C=O) groups is 2. The van der Waals surface area contributed by atoms with Gasteiger partial charge in [0.25, 0.3) is 0 Å². The zero-order valence-corrected chi connectivity index (χ0v) is 19.3. The molecule has 7 heteroatoms. The fourth-order valence-corrected chi connectivity index (χ4v) is 5.43. The summed E-state index contributed by atoms with van der Waals surface area (Å²) in [5.74, 6) is -1.07. The minimum atomic E-state index is -0.562. The van der Waals surface area contributed by atoms with Crippen LogP contribution in [-0.2, 0) is 19.0 Å². The van der Waals surface area contributed by atoms with Gasteiger partial charge in [0.05, 0.1) is 31.6 Å². The van der Waals surface area contributed by atoms with E-state index in [0.717, 1.165) is 25.7 Å². The second-order valence-electron chi connectivity index (χ2n) is 9.61. The molecule has 1 saturated heterocycles. The molecule has 176 valence electrons. The number of rotatable bonds is 4. The van der Waals surface area contributed by atoms with Crippen LogP contribution in [0.4, 0.5) is 10.1 Å². The maximum absolute atomic E-state index is 14.7. The molecule has 0 N–H and O–H groups in total. The zero-order valence-electron chi connectivity index (χ0n) is 19.3. The molecule has 6 nitrogen and oxygen atoms in total. The molecule has 1 aliphatic heterocycles. The van der Waals surface area contributed by atoms with E-state index in [-0.39, 0.29) is 23.4 Å². The first-order valence-corrected chi connectivity index (χ1v) is 11.8. The number of amides is 1. The summed E-state index contributed by atoms with van der Waals surface area (Å²) in [4.78, 5) is 28.2. The van der Waals surface area contributed by atoms with Gasteiger partial charge in [0, 0.05) is 24.8 Å². The molecule has 1 heterocycles. The van der Waals surface area contributed by atoms with Crippen LogP contribution in [0.5, 0.6) is 0 Å². The van der Waals surface area contributed by atoms with Crippen LogP contribution in [0.2, 0.25) is 0 Å². The minimum Gasteiger partial charge on any atom is -0.465 e. The maximum Gasteiger partial charge on any atom is 0.339 e. The van der Waals surface area contributed by atoms with Crippen molar-refractivity contribution < 1.29 is 28.2 Å². The molecule has 3 aliphatic rings. The molecule has 2 saturated carbocycles. The molecule has 3 fully saturated rings. The van der Waals surface area contributed by atoms with Gasteiger partial charge in [-0.3, -0.25) is 4.79 Å². The zero-order chi connectivity index (χ0) is 22.9. The Morgan fingerprint density at radius 1 is 1.06 bits per heavy atom. The van der Waals surface area contributed by atoms with Crippen LogP contribution < -0.4 is 4.90 Å². The van der Waals surface area contributed by atoms with Crippen molar-refractivity contribution in [3.63, 3.8) is 0 Å². The first kappa shape index (κ1) is 23.2. The number of ether oxygens (including phenoxy) is 3. The lowest BCUT2D eigenvalue weighted by atomic mass is 9.81. The predicted molar refractivity (Wildman–Crippen MR) is 118 cm³/mol. The fourth-order valence-electron chi connectivity index (χ4n) is 5.43. The lowest BCUT2D eigenvalue weighted by molar-refractivity contribution is -0.179. The Hall–Kier alpha value is -1.99. The molecule has 0 radical (unpaired) electrons.